The van der Waals surface area contributed by atoms with E-state index < -0.39 is 35.8 Å². The highest BCUT2D eigenvalue weighted by molar-refractivity contribution is 5.92. The molecule has 1 heterocycles. The van der Waals surface area contributed by atoms with Crippen LogP contribution in [0.25, 0.3) is 0 Å². The van der Waals surface area contributed by atoms with E-state index >= 15 is 0 Å². The monoisotopic (exact) mass is 494 g/mol. The third kappa shape index (κ3) is 9.68. The van der Waals surface area contributed by atoms with E-state index in [2.05, 4.69) is 5.32 Å². The lowest BCUT2D eigenvalue weighted by atomic mass is 10.1. The predicted molar refractivity (Wildman–Crippen MR) is 122 cm³/mol. The van der Waals surface area contributed by atoms with Crippen LogP contribution in [0.2, 0.25) is 0 Å². The molecule has 0 radical (unpaired) electrons. The van der Waals surface area contributed by atoms with Gasteiger partial charge in [0.2, 0.25) is 5.91 Å². The largest absolute Gasteiger partial charge is 0.480 e. The third-order valence-electron chi connectivity index (χ3n) is 5.64. The molecule has 1 aromatic carbocycles. The van der Waals surface area contributed by atoms with Gasteiger partial charge >= 0.3 is 23.9 Å². The van der Waals surface area contributed by atoms with Gasteiger partial charge in [-0.05, 0) is 30.7 Å². The molecule has 13 nitrogen and oxygen atoms in total. The van der Waals surface area contributed by atoms with Crippen molar-refractivity contribution >= 4 is 35.5 Å². The van der Waals surface area contributed by atoms with Crippen molar-refractivity contribution in [1.29, 1.82) is 0 Å². The van der Waals surface area contributed by atoms with Gasteiger partial charge in [-0.15, -0.1) is 0 Å². The minimum atomic E-state index is -1.14. The van der Waals surface area contributed by atoms with Crippen molar-refractivity contribution in [3.63, 3.8) is 0 Å². The van der Waals surface area contributed by atoms with Crippen LogP contribution in [0, 0.1) is 0 Å². The van der Waals surface area contributed by atoms with Crippen LogP contribution >= 0.6 is 0 Å². The lowest BCUT2D eigenvalue weighted by Crippen LogP contribution is -2.47. The number of anilines is 1. The zero-order valence-electron chi connectivity index (χ0n) is 19.1. The number of nitrogens with zero attached hydrogens (tertiary/aromatic N) is 3. The van der Waals surface area contributed by atoms with Crippen LogP contribution in [-0.2, 0) is 19.2 Å². The van der Waals surface area contributed by atoms with Gasteiger partial charge in [-0.3, -0.25) is 33.9 Å². The zero-order valence-corrected chi connectivity index (χ0v) is 19.1. The minimum absolute atomic E-state index is 0.0216. The number of carbonyl (C=O) groups excluding carboxylic acids is 1. The van der Waals surface area contributed by atoms with Gasteiger partial charge in [0.1, 0.15) is 6.04 Å². The Labute approximate surface area is 201 Å². The summed E-state index contributed by atoms with van der Waals surface area (Å²) in [5.74, 6) is -4.76. The van der Waals surface area contributed by atoms with Gasteiger partial charge in [0.25, 0.3) is 0 Å². The topological polar surface area (TPSA) is 188 Å². The first-order valence-electron chi connectivity index (χ1n) is 11.0. The molecule has 0 bridgehead atoms. The molecule has 1 fully saturated rings. The van der Waals surface area contributed by atoms with Gasteiger partial charge in [-0.1, -0.05) is 0 Å². The van der Waals surface area contributed by atoms with Crippen molar-refractivity contribution in [2.24, 2.45) is 0 Å². The van der Waals surface area contributed by atoms with Crippen LogP contribution in [0.4, 0.5) is 5.69 Å². The molecule has 13 heteroatoms. The molecular formula is C22H30N4O9. The molecule has 35 heavy (non-hydrogen) atoms. The summed E-state index contributed by atoms with van der Waals surface area (Å²) in [6.45, 7) is 1.18. The quantitative estimate of drug-likeness (QED) is 0.269. The van der Waals surface area contributed by atoms with Crippen LogP contribution in [0.1, 0.15) is 23.2 Å². The number of carboxylic acids is 4. The average molecular weight is 495 g/mol. The maximum Gasteiger partial charge on any atom is 0.335 e. The fourth-order valence-corrected chi connectivity index (χ4v) is 3.82. The highest BCUT2D eigenvalue weighted by Crippen LogP contribution is 2.14. The fraction of sp³-hybridized carbons (Fsp3) is 0.500. The normalized spacial score (nSPS) is 16.9. The molecule has 2 rings (SSSR count). The molecule has 1 saturated heterocycles. The Morgan fingerprint density at radius 2 is 1.26 bits per heavy atom. The lowest BCUT2D eigenvalue weighted by molar-refractivity contribution is -0.144. The van der Waals surface area contributed by atoms with Gasteiger partial charge < -0.3 is 25.7 Å². The van der Waals surface area contributed by atoms with Crippen LogP contribution in [0.15, 0.2) is 24.3 Å². The molecule has 0 spiro atoms. The molecule has 5 N–H and O–H groups in total. The van der Waals surface area contributed by atoms with E-state index in [0.717, 1.165) is 0 Å². The first-order chi connectivity index (χ1) is 16.5. The van der Waals surface area contributed by atoms with Crippen molar-refractivity contribution in [3.8, 4) is 0 Å². The molecule has 1 aliphatic heterocycles. The molecule has 1 amide bonds. The van der Waals surface area contributed by atoms with E-state index in [-0.39, 0.29) is 57.7 Å². The maximum atomic E-state index is 12.4. The lowest BCUT2D eigenvalue weighted by Gasteiger charge is -2.30. The van der Waals surface area contributed by atoms with E-state index in [9.17, 15) is 29.1 Å². The van der Waals surface area contributed by atoms with Crippen LogP contribution in [0.5, 0.6) is 0 Å². The van der Waals surface area contributed by atoms with Gasteiger partial charge in [-0.2, -0.15) is 0 Å². The summed E-state index contributed by atoms with van der Waals surface area (Å²) in [5, 5.41) is 39.7. The van der Waals surface area contributed by atoms with E-state index in [1.807, 2.05) is 0 Å². The second kappa shape index (κ2) is 13.4. The first kappa shape index (κ1) is 27.7. The Morgan fingerprint density at radius 3 is 1.69 bits per heavy atom. The summed E-state index contributed by atoms with van der Waals surface area (Å²) in [6.07, 6.45) is -0.141. The Hall–Kier alpha value is -3.55. The van der Waals surface area contributed by atoms with E-state index in [1.165, 1.54) is 24.3 Å². The molecule has 1 atom stereocenters. The number of carboxylic acid groups (broad SMARTS) is 4. The number of nitrogens with one attached hydrogen (secondary N) is 1. The maximum absolute atomic E-state index is 12.4. The van der Waals surface area contributed by atoms with E-state index in [1.54, 1.807) is 14.7 Å². The minimum Gasteiger partial charge on any atom is -0.480 e. The molecule has 1 aliphatic rings. The van der Waals surface area contributed by atoms with Crippen molar-refractivity contribution < 1.29 is 44.4 Å². The number of benzene rings is 1. The van der Waals surface area contributed by atoms with Crippen LogP contribution < -0.4 is 5.32 Å². The van der Waals surface area contributed by atoms with Gasteiger partial charge in [0.15, 0.2) is 0 Å². The van der Waals surface area contributed by atoms with Crippen molar-refractivity contribution in [1.82, 2.24) is 14.7 Å². The molecule has 0 aliphatic carbocycles. The van der Waals surface area contributed by atoms with Gasteiger partial charge in [-0.25, -0.2) is 4.79 Å². The number of aromatic carboxylic acids is 1. The van der Waals surface area contributed by atoms with Crippen LogP contribution in [-0.4, -0.2) is 123 Å². The number of hydrogen-bond donors (Lipinski definition) is 5. The molecule has 1 unspecified atom stereocenters. The Balaban J connectivity index is 2.04. The number of hydrogen-bond acceptors (Lipinski definition) is 8. The fourth-order valence-electron chi connectivity index (χ4n) is 3.82. The summed E-state index contributed by atoms with van der Waals surface area (Å²) in [5.41, 5.74) is 0.444. The second-order valence-electron chi connectivity index (χ2n) is 8.20. The number of aliphatic carboxylic acids is 3. The summed E-state index contributed by atoms with van der Waals surface area (Å²) >= 11 is 0. The Kier molecular flexibility index (Phi) is 10.6. The molecule has 0 saturated carbocycles. The molecular weight excluding hydrogens is 464 g/mol. The standard InChI is InChI=1S/C22H30N4O9/c27-18(23-16-3-1-15(2-4-16)21(32)33)6-5-17(22(34)35)26-11-9-24(13-19(28)29)7-8-25(10-12-26)14-20(30)31/h1-4,17H,5-14H2,(H,23,27)(H,28,29)(H,30,31)(H,32,33)(H,34,35). The number of carbonyl (C=O) groups is 5. The van der Waals surface area contributed by atoms with Crippen LogP contribution in [0.3, 0.4) is 0 Å². The predicted octanol–water partition coefficient (Wildman–Crippen LogP) is -0.354. The molecule has 1 aromatic rings. The Morgan fingerprint density at radius 1 is 0.771 bits per heavy atom. The average Bonchev–Trinajstić information content (AvgIpc) is 2.85. The molecule has 0 aromatic heterocycles. The summed E-state index contributed by atoms with van der Waals surface area (Å²) in [7, 11) is 0. The summed E-state index contributed by atoms with van der Waals surface area (Å²) in [4.78, 5) is 62.6. The second-order valence-corrected chi connectivity index (χ2v) is 8.20. The van der Waals surface area contributed by atoms with E-state index in [4.69, 9.17) is 15.3 Å². The van der Waals surface area contributed by atoms with Crippen molar-refractivity contribution in [3.05, 3.63) is 29.8 Å². The van der Waals surface area contributed by atoms with Crippen molar-refractivity contribution in [2.45, 2.75) is 18.9 Å². The van der Waals surface area contributed by atoms with Crippen molar-refractivity contribution in [2.75, 3.05) is 57.7 Å². The van der Waals surface area contributed by atoms with Gasteiger partial charge in [0.05, 0.1) is 18.7 Å². The number of rotatable bonds is 11. The first-order valence-corrected chi connectivity index (χ1v) is 11.0. The van der Waals surface area contributed by atoms with Gasteiger partial charge in [0, 0.05) is 51.4 Å². The summed E-state index contributed by atoms with van der Waals surface area (Å²) < 4.78 is 0. The smallest absolute Gasteiger partial charge is 0.335 e. The van der Waals surface area contributed by atoms with E-state index in [0.29, 0.717) is 18.8 Å². The highest BCUT2D eigenvalue weighted by atomic mass is 16.4. The summed E-state index contributed by atoms with van der Waals surface area (Å²) in [6, 6.07) is 4.52. The molecule has 192 valence electrons. The Bertz CT molecular complexity index is 894. The number of amides is 1. The SMILES string of the molecule is O=C(O)CN1CCN(CC(=O)O)CCN(C(CCC(=O)Nc2ccc(C(=O)O)cc2)C(=O)O)CC1. The zero-order chi connectivity index (χ0) is 26.0. The highest BCUT2D eigenvalue weighted by Gasteiger charge is 2.28. The third-order valence-corrected chi connectivity index (χ3v) is 5.64.